The Morgan fingerprint density at radius 2 is 1.95 bits per heavy atom. The Hall–Kier alpha value is -1.08. The summed E-state index contributed by atoms with van der Waals surface area (Å²) in [7, 11) is 1.62. The first-order valence-electron chi connectivity index (χ1n) is 8.04. The number of allylic oxidation sites excluding steroid dienone is 1. The van der Waals surface area contributed by atoms with E-state index in [9.17, 15) is 5.11 Å². The van der Waals surface area contributed by atoms with Gasteiger partial charge < -0.3 is 24.2 Å². The van der Waals surface area contributed by atoms with E-state index in [1.165, 1.54) is 0 Å². The smallest absolute Gasteiger partial charge is 0.231 e. The van der Waals surface area contributed by atoms with Crippen LogP contribution in [0, 0.1) is 5.92 Å². The first kappa shape index (κ1) is 15.8. The minimum atomic E-state index is -0.386. The van der Waals surface area contributed by atoms with Crippen LogP contribution >= 0.6 is 0 Å². The third-order valence-corrected chi connectivity index (χ3v) is 4.45. The van der Waals surface area contributed by atoms with E-state index < -0.39 is 0 Å². The summed E-state index contributed by atoms with van der Waals surface area (Å²) in [6, 6.07) is 0. The van der Waals surface area contributed by atoms with Crippen molar-refractivity contribution in [3.63, 3.8) is 0 Å². The summed E-state index contributed by atoms with van der Waals surface area (Å²) in [5.74, 6) is 2.33. The zero-order chi connectivity index (χ0) is 15.4. The van der Waals surface area contributed by atoms with Gasteiger partial charge in [0.15, 0.2) is 11.5 Å². The van der Waals surface area contributed by atoms with Crippen molar-refractivity contribution >= 4 is 0 Å². The van der Waals surface area contributed by atoms with Crippen LogP contribution in [0.1, 0.15) is 6.42 Å². The van der Waals surface area contributed by atoms with Gasteiger partial charge in [0.2, 0.25) is 6.79 Å². The van der Waals surface area contributed by atoms with E-state index in [1.807, 2.05) is 0 Å². The maximum absolute atomic E-state index is 9.80. The fourth-order valence-corrected chi connectivity index (χ4v) is 3.29. The van der Waals surface area contributed by atoms with E-state index in [4.69, 9.17) is 14.2 Å². The highest BCUT2D eigenvalue weighted by atomic mass is 16.7. The molecule has 2 unspecified atom stereocenters. The van der Waals surface area contributed by atoms with Crippen molar-refractivity contribution < 1.29 is 19.3 Å². The van der Waals surface area contributed by atoms with Gasteiger partial charge in [-0.25, -0.2) is 0 Å². The number of ether oxygens (including phenoxy) is 3. The maximum Gasteiger partial charge on any atom is 0.231 e. The number of aliphatic hydroxyl groups is 1. The van der Waals surface area contributed by atoms with Crippen molar-refractivity contribution in [2.24, 2.45) is 5.92 Å². The number of hydrogen-bond donors (Lipinski definition) is 1. The summed E-state index contributed by atoms with van der Waals surface area (Å²) >= 11 is 0. The lowest BCUT2D eigenvalue weighted by Gasteiger charge is -2.36. The topological polar surface area (TPSA) is 54.4 Å². The van der Waals surface area contributed by atoms with E-state index >= 15 is 0 Å². The standard InChI is InChI=1S/C16H26N2O4/c1-20-11-14(19)10-18-6-4-17(5-7-18)9-13-2-3-15-16(8-13)22-12-21-15/h3,8,13-14,19H,2,4-7,9-12H2,1H3. The molecule has 0 aromatic rings. The number of β-amino-alcohol motifs (C(OH)–C–C–N with tert-alkyl or cyclic N) is 1. The average Bonchev–Trinajstić information content (AvgIpc) is 2.97. The molecule has 2 atom stereocenters. The second-order valence-corrected chi connectivity index (χ2v) is 6.21. The van der Waals surface area contributed by atoms with Gasteiger partial charge in [-0.3, -0.25) is 4.90 Å². The Kier molecular flexibility index (Phi) is 5.36. The number of methoxy groups -OCH3 is 1. The summed E-state index contributed by atoms with van der Waals surface area (Å²) in [4.78, 5) is 4.81. The van der Waals surface area contributed by atoms with Gasteiger partial charge in [-0.2, -0.15) is 0 Å². The van der Waals surface area contributed by atoms with E-state index in [2.05, 4.69) is 22.0 Å². The molecular formula is C16H26N2O4. The van der Waals surface area contributed by atoms with Crippen LogP contribution in [0.5, 0.6) is 0 Å². The van der Waals surface area contributed by atoms with Gasteiger partial charge in [-0.15, -0.1) is 0 Å². The minimum absolute atomic E-state index is 0.354. The van der Waals surface area contributed by atoms with Crippen molar-refractivity contribution in [1.29, 1.82) is 0 Å². The van der Waals surface area contributed by atoms with E-state index in [0.29, 0.717) is 25.9 Å². The molecule has 6 heteroatoms. The number of nitrogens with zero attached hydrogens (tertiary/aromatic N) is 2. The Bertz CT molecular complexity index is 430. The Morgan fingerprint density at radius 1 is 1.23 bits per heavy atom. The van der Waals surface area contributed by atoms with Gasteiger partial charge in [0, 0.05) is 46.4 Å². The van der Waals surface area contributed by atoms with Crippen LogP contribution in [0.3, 0.4) is 0 Å². The maximum atomic E-state index is 9.80. The van der Waals surface area contributed by atoms with Crippen molar-refractivity contribution in [3.8, 4) is 0 Å². The first-order valence-corrected chi connectivity index (χ1v) is 8.04. The van der Waals surface area contributed by atoms with Crippen molar-refractivity contribution in [3.05, 3.63) is 23.7 Å². The predicted octanol–water partition coefficient (Wildman–Crippen LogP) is 0.403. The molecule has 0 saturated carbocycles. The molecule has 2 fully saturated rings. The number of hydrogen-bond acceptors (Lipinski definition) is 6. The predicted molar refractivity (Wildman–Crippen MR) is 82.1 cm³/mol. The SMILES string of the molecule is COCC(O)CN1CCN(CC2C=C3OCOC3=CC2)CC1. The second kappa shape index (κ2) is 7.46. The Balaban J connectivity index is 1.40. The van der Waals surface area contributed by atoms with E-state index in [0.717, 1.165) is 50.7 Å². The van der Waals surface area contributed by atoms with Gasteiger partial charge in [-0.05, 0) is 24.5 Å². The van der Waals surface area contributed by atoms with Gasteiger partial charge in [0.05, 0.1) is 12.7 Å². The molecule has 2 heterocycles. The normalized spacial score (nSPS) is 27.5. The molecule has 0 aromatic carbocycles. The fourth-order valence-electron chi connectivity index (χ4n) is 3.29. The lowest BCUT2D eigenvalue weighted by molar-refractivity contribution is 0.0228. The molecule has 124 valence electrons. The van der Waals surface area contributed by atoms with Crippen LogP contribution in [-0.2, 0) is 14.2 Å². The zero-order valence-corrected chi connectivity index (χ0v) is 13.2. The summed E-state index contributed by atoms with van der Waals surface area (Å²) in [6.45, 7) is 6.63. The summed E-state index contributed by atoms with van der Waals surface area (Å²) in [6.07, 6.45) is 4.99. The molecule has 0 aromatic heterocycles. The highest BCUT2D eigenvalue weighted by molar-refractivity contribution is 5.27. The molecule has 1 aliphatic carbocycles. The average molecular weight is 310 g/mol. The lowest BCUT2D eigenvalue weighted by atomic mass is 9.98. The molecule has 0 radical (unpaired) electrons. The molecule has 0 bridgehead atoms. The van der Waals surface area contributed by atoms with Crippen molar-refractivity contribution in [2.75, 3.05) is 59.8 Å². The molecule has 3 aliphatic rings. The first-order chi connectivity index (χ1) is 10.7. The van der Waals surface area contributed by atoms with Crippen LogP contribution in [0.2, 0.25) is 0 Å². The third-order valence-electron chi connectivity index (χ3n) is 4.45. The quantitative estimate of drug-likeness (QED) is 0.767. The highest BCUT2D eigenvalue weighted by Gasteiger charge is 2.26. The molecule has 2 aliphatic heterocycles. The molecule has 22 heavy (non-hydrogen) atoms. The van der Waals surface area contributed by atoms with Gasteiger partial charge >= 0.3 is 0 Å². The number of rotatable bonds is 6. The lowest BCUT2D eigenvalue weighted by Crippen LogP contribution is -2.50. The fraction of sp³-hybridized carbons (Fsp3) is 0.750. The van der Waals surface area contributed by atoms with Crippen LogP contribution in [0.25, 0.3) is 0 Å². The molecule has 3 rings (SSSR count). The number of piperazine rings is 1. The summed E-state index contributed by atoms with van der Waals surface area (Å²) in [5.41, 5.74) is 0. The Morgan fingerprint density at radius 3 is 2.73 bits per heavy atom. The molecule has 2 saturated heterocycles. The number of fused-ring (bicyclic) bond motifs is 1. The van der Waals surface area contributed by atoms with Crippen LogP contribution < -0.4 is 0 Å². The van der Waals surface area contributed by atoms with Gasteiger partial charge in [0.25, 0.3) is 0 Å². The highest BCUT2D eigenvalue weighted by Crippen LogP contribution is 2.29. The van der Waals surface area contributed by atoms with Crippen LogP contribution in [-0.4, -0.2) is 80.8 Å². The molecule has 0 spiro atoms. The molecule has 6 nitrogen and oxygen atoms in total. The van der Waals surface area contributed by atoms with Gasteiger partial charge in [-0.1, -0.05) is 0 Å². The van der Waals surface area contributed by atoms with E-state index in [1.54, 1.807) is 7.11 Å². The molecule has 1 N–H and O–H groups in total. The molecular weight excluding hydrogens is 284 g/mol. The van der Waals surface area contributed by atoms with Crippen LogP contribution in [0.4, 0.5) is 0 Å². The van der Waals surface area contributed by atoms with Gasteiger partial charge in [0.1, 0.15) is 0 Å². The second-order valence-electron chi connectivity index (χ2n) is 6.21. The minimum Gasteiger partial charge on any atom is -0.454 e. The third kappa shape index (κ3) is 4.01. The number of aliphatic hydroxyl groups excluding tert-OH is 1. The van der Waals surface area contributed by atoms with E-state index in [-0.39, 0.29) is 6.10 Å². The summed E-state index contributed by atoms with van der Waals surface area (Å²) < 4.78 is 15.8. The summed E-state index contributed by atoms with van der Waals surface area (Å²) in [5, 5.41) is 9.80. The van der Waals surface area contributed by atoms with Crippen LogP contribution in [0.15, 0.2) is 23.7 Å². The largest absolute Gasteiger partial charge is 0.454 e. The zero-order valence-electron chi connectivity index (χ0n) is 13.2. The van der Waals surface area contributed by atoms with Crippen molar-refractivity contribution in [2.45, 2.75) is 12.5 Å². The Labute approximate surface area is 131 Å². The monoisotopic (exact) mass is 310 g/mol. The molecule has 0 amide bonds. The van der Waals surface area contributed by atoms with Crippen molar-refractivity contribution in [1.82, 2.24) is 9.80 Å².